The van der Waals surface area contributed by atoms with Gasteiger partial charge in [0.2, 0.25) is 15.9 Å². The van der Waals surface area contributed by atoms with E-state index in [0.29, 0.717) is 11.4 Å². The maximum absolute atomic E-state index is 12.0. The van der Waals surface area contributed by atoms with Gasteiger partial charge >= 0.3 is 0 Å². The number of nitrogens with one attached hydrogen (secondary N) is 1. The Labute approximate surface area is 142 Å². The van der Waals surface area contributed by atoms with Crippen LogP contribution in [0.4, 0.5) is 5.69 Å². The predicted molar refractivity (Wildman–Crippen MR) is 93.9 cm³/mol. The zero-order valence-corrected chi connectivity index (χ0v) is 14.6. The number of amides is 1. The molecule has 6 nitrogen and oxygen atoms in total. The van der Waals surface area contributed by atoms with Gasteiger partial charge in [0, 0.05) is 24.8 Å². The van der Waals surface area contributed by atoms with E-state index in [-0.39, 0.29) is 25.4 Å². The molecule has 0 aliphatic heterocycles. The number of aryl methyl sites for hydroxylation is 1. The minimum Gasteiger partial charge on any atom is -0.326 e. The Morgan fingerprint density at radius 2 is 1.88 bits per heavy atom. The number of hydrogen-bond donors (Lipinski definition) is 1. The number of pyridine rings is 1. The molecule has 0 saturated heterocycles. The first-order valence-electron chi connectivity index (χ1n) is 7.56. The zero-order chi connectivity index (χ0) is 17.6. The van der Waals surface area contributed by atoms with Crippen LogP contribution in [0, 0.1) is 6.92 Å². The van der Waals surface area contributed by atoms with Crippen LogP contribution in [-0.4, -0.2) is 36.4 Å². The molecule has 0 aliphatic carbocycles. The highest BCUT2D eigenvalue weighted by Gasteiger charge is 2.18. The fourth-order valence-electron chi connectivity index (χ4n) is 2.12. The van der Waals surface area contributed by atoms with E-state index in [1.54, 1.807) is 24.4 Å². The SMILES string of the molecule is Cc1ccc(NC(=O)CCN(Cc2ccccn2)S(C)(=O)=O)cc1. The molecule has 0 aliphatic rings. The van der Waals surface area contributed by atoms with Crippen molar-refractivity contribution in [2.24, 2.45) is 0 Å². The van der Waals surface area contributed by atoms with Gasteiger partial charge in [0.05, 0.1) is 18.5 Å². The van der Waals surface area contributed by atoms with Gasteiger partial charge in [-0.2, -0.15) is 4.31 Å². The molecule has 0 spiro atoms. The van der Waals surface area contributed by atoms with Crippen LogP contribution >= 0.6 is 0 Å². The minimum atomic E-state index is -3.42. The predicted octanol–water partition coefficient (Wildman–Crippen LogP) is 2.18. The van der Waals surface area contributed by atoms with E-state index in [4.69, 9.17) is 0 Å². The van der Waals surface area contributed by atoms with Crippen molar-refractivity contribution in [3.05, 3.63) is 59.9 Å². The van der Waals surface area contributed by atoms with Gasteiger partial charge in [-0.1, -0.05) is 23.8 Å². The molecule has 0 fully saturated rings. The van der Waals surface area contributed by atoms with E-state index in [9.17, 15) is 13.2 Å². The molecule has 1 heterocycles. The van der Waals surface area contributed by atoms with Gasteiger partial charge in [0.25, 0.3) is 0 Å². The molecule has 1 aromatic carbocycles. The number of carbonyl (C=O) groups excluding carboxylic acids is 1. The van der Waals surface area contributed by atoms with E-state index in [2.05, 4.69) is 10.3 Å². The lowest BCUT2D eigenvalue weighted by atomic mass is 10.2. The molecule has 0 radical (unpaired) electrons. The summed E-state index contributed by atoms with van der Waals surface area (Å²) in [5.74, 6) is -0.228. The van der Waals surface area contributed by atoms with E-state index in [1.165, 1.54) is 4.31 Å². The third-order valence-electron chi connectivity index (χ3n) is 3.46. The van der Waals surface area contributed by atoms with Crippen LogP contribution in [0.2, 0.25) is 0 Å². The topological polar surface area (TPSA) is 79.4 Å². The average molecular weight is 347 g/mol. The van der Waals surface area contributed by atoms with Crippen molar-refractivity contribution in [3.8, 4) is 0 Å². The number of carbonyl (C=O) groups is 1. The molecule has 0 unspecified atom stereocenters. The molecular weight excluding hydrogens is 326 g/mol. The highest BCUT2D eigenvalue weighted by Crippen LogP contribution is 2.10. The van der Waals surface area contributed by atoms with Crippen LogP contribution in [0.25, 0.3) is 0 Å². The summed E-state index contributed by atoms with van der Waals surface area (Å²) in [6, 6.07) is 12.8. The molecule has 1 N–H and O–H groups in total. The first-order chi connectivity index (χ1) is 11.3. The average Bonchev–Trinajstić information content (AvgIpc) is 2.53. The molecule has 2 rings (SSSR count). The lowest BCUT2D eigenvalue weighted by molar-refractivity contribution is -0.116. The third-order valence-corrected chi connectivity index (χ3v) is 4.71. The van der Waals surface area contributed by atoms with Gasteiger partial charge in [-0.25, -0.2) is 8.42 Å². The van der Waals surface area contributed by atoms with Crippen LogP contribution in [0.15, 0.2) is 48.7 Å². The van der Waals surface area contributed by atoms with E-state index in [1.807, 2.05) is 31.2 Å². The lowest BCUT2D eigenvalue weighted by Gasteiger charge is -2.19. The molecule has 0 atom stereocenters. The number of anilines is 1. The van der Waals surface area contributed by atoms with Crippen molar-refractivity contribution in [1.29, 1.82) is 0 Å². The minimum absolute atomic E-state index is 0.0772. The first-order valence-corrected chi connectivity index (χ1v) is 9.41. The third kappa shape index (κ3) is 5.75. The van der Waals surface area contributed by atoms with Crippen LogP contribution in [0.5, 0.6) is 0 Å². The number of nitrogens with zero attached hydrogens (tertiary/aromatic N) is 2. The van der Waals surface area contributed by atoms with Gasteiger partial charge in [-0.05, 0) is 31.2 Å². The Morgan fingerprint density at radius 3 is 2.46 bits per heavy atom. The molecule has 7 heteroatoms. The Balaban J connectivity index is 1.95. The summed E-state index contributed by atoms with van der Waals surface area (Å²) in [6.07, 6.45) is 2.82. The first kappa shape index (κ1) is 18.1. The summed E-state index contributed by atoms with van der Waals surface area (Å²) in [6.45, 7) is 2.22. The number of aromatic nitrogens is 1. The molecule has 1 amide bonds. The van der Waals surface area contributed by atoms with Crippen molar-refractivity contribution in [1.82, 2.24) is 9.29 Å². The van der Waals surface area contributed by atoms with Crippen LogP contribution in [0.3, 0.4) is 0 Å². The monoisotopic (exact) mass is 347 g/mol. The zero-order valence-electron chi connectivity index (χ0n) is 13.8. The molecule has 0 saturated carbocycles. The van der Waals surface area contributed by atoms with Crippen molar-refractivity contribution in [3.63, 3.8) is 0 Å². The van der Waals surface area contributed by atoms with Crippen molar-refractivity contribution >= 4 is 21.6 Å². The van der Waals surface area contributed by atoms with Gasteiger partial charge in [0.1, 0.15) is 0 Å². The maximum atomic E-state index is 12.0. The summed E-state index contributed by atoms with van der Waals surface area (Å²) in [4.78, 5) is 16.2. The smallest absolute Gasteiger partial charge is 0.225 e. The highest BCUT2D eigenvalue weighted by molar-refractivity contribution is 7.88. The summed E-state index contributed by atoms with van der Waals surface area (Å²) < 4.78 is 25.1. The Hall–Kier alpha value is -2.25. The lowest BCUT2D eigenvalue weighted by Crippen LogP contribution is -2.32. The molecule has 24 heavy (non-hydrogen) atoms. The fourth-order valence-corrected chi connectivity index (χ4v) is 2.91. The summed E-state index contributed by atoms with van der Waals surface area (Å²) in [5, 5.41) is 2.76. The van der Waals surface area contributed by atoms with Crippen molar-refractivity contribution in [2.45, 2.75) is 19.9 Å². The molecular formula is C17H21N3O3S. The Bertz CT molecular complexity index is 774. The van der Waals surface area contributed by atoms with E-state index < -0.39 is 10.0 Å². The molecule has 0 bridgehead atoms. The second-order valence-electron chi connectivity index (χ2n) is 5.58. The Kier molecular flexibility index (Phi) is 6.05. The van der Waals surface area contributed by atoms with Gasteiger partial charge < -0.3 is 5.32 Å². The molecule has 2 aromatic rings. The van der Waals surface area contributed by atoms with E-state index in [0.717, 1.165) is 11.8 Å². The summed E-state index contributed by atoms with van der Waals surface area (Å²) in [5.41, 5.74) is 2.44. The standard InChI is InChI=1S/C17H21N3O3S/c1-14-6-8-15(9-7-14)19-17(21)10-12-20(24(2,22)23)13-16-5-3-4-11-18-16/h3-9,11H,10,12-13H2,1-2H3,(H,19,21). The van der Waals surface area contributed by atoms with Crippen LogP contribution < -0.4 is 5.32 Å². The fraction of sp³-hybridized carbons (Fsp3) is 0.294. The van der Waals surface area contributed by atoms with Crippen LogP contribution in [-0.2, 0) is 21.4 Å². The number of hydrogen-bond acceptors (Lipinski definition) is 4. The van der Waals surface area contributed by atoms with E-state index >= 15 is 0 Å². The second kappa shape index (κ2) is 8.03. The number of benzene rings is 1. The normalized spacial score (nSPS) is 11.5. The van der Waals surface area contributed by atoms with Gasteiger partial charge in [0.15, 0.2) is 0 Å². The van der Waals surface area contributed by atoms with Crippen molar-refractivity contribution in [2.75, 3.05) is 18.1 Å². The summed E-state index contributed by atoms with van der Waals surface area (Å²) in [7, 11) is -3.42. The van der Waals surface area contributed by atoms with Crippen LogP contribution in [0.1, 0.15) is 17.7 Å². The largest absolute Gasteiger partial charge is 0.326 e. The van der Waals surface area contributed by atoms with Crippen molar-refractivity contribution < 1.29 is 13.2 Å². The van der Waals surface area contributed by atoms with Gasteiger partial charge in [-0.3, -0.25) is 9.78 Å². The molecule has 1 aromatic heterocycles. The number of sulfonamides is 1. The second-order valence-corrected chi connectivity index (χ2v) is 7.56. The number of rotatable bonds is 7. The highest BCUT2D eigenvalue weighted by atomic mass is 32.2. The summed E-state index contributed by atoms with van der Waals surface area (Å²) >= 11 is 0. The van der Waals surface area contributed by atoms with Gasteiger partial charge in [-0.15, -0.1) is 0 Å². The quantitative estimate of drug-likeness (QED) is 0.832. The maximum Gasteiger partial charge on any atom is 0.225 e. The molecule has 128 valence electrons. The Morgan fingerprint density at radius 1 is 1.17 bits per heavy atom.